The van der Waals surface area contributed by atoms with Crippen LogP contribution in [0.15, 0.2) is 46.9 Å². The molecule has 0 saturated carbocycles. The van der Waals surface area contributed by atoms with Crippen molar-refractivity contribution in [2.24, 2.45) is 0 Å². The van der Waals surface area contributed by atoms with Crippen LogP contribution in [0.4, 0.5) is 0 Å². The monoisotopic (exact) mass is 286 g/mol. The average Bonchev–Trinajstić information content (AvgIpc) is 2.92. The van der Waals surface area contributed by atoms with Crippen LogP contribution in [0.5, 0.6) is 0 Å². The van der Waals surface area contributed by atoms with E-state index in [-0.39, 0.29) is 6.61 Å². The smallest absolute Gasteiger partial charge is 0.331 e. The van der Waals surface area contributed by atoms with E-state index in [1.165, 1.54) is 12.2 Å². The Balaban J connectivity index is 2.10. The van der Waals surface area contributed by atoms with Crippen molar-refractivity contribution in [3.63, 3.8) is 0 Å². The molecule has 0 fully saturated rings. The third kappa shape index (κ3) is 3.53. The first-order valence-corrected chi connectivity index (χ1v) is 6.21. The number of ether oxygens (including phenoxy) is 1. The number of terminal acetylenes is 1. The Morgan fingerprint density at radius 3 is 2.90 bits per heavy atom. The lowest BCUT2D eigenvalue weighted by molar-refractivity contribution is -0.136. The topological polar surface area (TPSA) is 39.4 Å². The molecule has 0 bridgehead atoms. The zero-order chi connectivity index (χ0) is 14.4. The lowest BCUT2D eigenvalue weighted by Gasteiger charge is -1.98. The molecule has 0 spiro atoms. The standard InChI is InChI=1S/C16H11ClO3/c1-2-11-19-16(18)10-8-12-7-9-15(20-12)13-5-3-4-6-14(13)17/h1,3-10H,11H2/b10-8+. The largest absolute Gasteiger partial charge is 0.457 e. The molecule has 0 aliphatic heterocycles. The first-order chi connectivity index (χ1) is 9.70. The highest BCUT2D eigenvalue weighted by Crippen LogP contribution is 2.29. The summed E-state index contributed by atoms with van der Waals surface area (Å²) < 4.78 is 10.3. The Morgan fingerprint density at radius 1 is 1.35 bits per heavy atom. The number of carbonyl (C=O) groups is 1. The number of carbonyl (C=O) groups excluding carboxylic acids is 1. The number of furan rings is 1. The molecule has 0 N–H and O–H groups in total. The molecular formula is C16H11ClO3. The number of rotatable bonds is 4. The average molecular weight is 287 g/mol. The summed E-state index contributed by atoms with van der Waals surface area (Å²) in [7, 11) is 0. The summed E-state index contributed by atoms with van der Waals surface area (Å²) >= 11 is 6.08. The fourth-order valence-corrected chi connectivity index (χ4v) is 1.79. The van der Waals surface area contributed by atoms with E-state index in [0.717, 1.165) is 5.56 Å². The molecule has 0 aliphatic rings. The Hall–Kier alpha value is -2.44. The zero-order valence-electron chi connectivity index (χ0n) is 10.5. The minimum atomic E-state index is -0.515. The second-order valence-corrected chi connectivity index (χ2v) is 4.23. The van der Waals surface area contributed by atoms with Crippen molar-refractivity contribution >= 4 is 23.6 Å². The van der Waals surface area contributed by atoms with Crippen molar-refractivity contribution in [1.29, 1.82) is 0 Å². The summed E-state index contributed by atoms with van der Waals surface area (Å²) in [5.74, 6) is 2.86. The van der Waals surface area contributed by atoms with Crippen molar-refractivity contribution in [3.05, 3.63) is 53.3 Å². The molecule has 3 nitrogen and oxygen atoms in total. The van der Waals surface area contributed by atoms with Crippen molar-refractivity contribution < 1.29 is 13.9 Å². The van der Waals surface area contributed by atoms with Crippen LogP contribution in [0.1, 0.15) is 5.76 Å². The van der Waals surface area contributed by atoms with Gasteiger partial charge in [-0.15, -0.1) is 6.42 Å². The van der Waals surface area contributed by atoms with Crippen LogP contribution in [-0.4, -0.2) is 12.6 Å². The molecule has 100 valence electrons. The normalized spacial score (nSPS) is 10.4. The van der Waals surface area contributed by atoms with Crippen LogP contribution in [0, 0.1) is 12.3 Å². The van der Waals surface area contributed by atoms with Crippen LogP contribution in [-0.2, 0) is 9.53 Å². The Kier molecular flexibility index (Phi) is 4.65. The number of hydrogen-bond acceptors (Lipinski definition) is 3. The summed E-state index contributed by atoms with van der Waals surface area (Å²) in [5.41, 5.74) is 0.795. The van der Waals surface area contributed by atoms with Crippen LogP contribution in [0.3, 0.4) is 0 Å². The van der Waals surface area contributed by atoms with Gasteiger partial charge in [-0.3, -0.25) is 0 Å². The fourth-order valence-electron chi connectivity index (χ4n) is 1.56. The maximum Gasteiger partial charge on any atom is 0.331 e. The molecular weight excluding hydrogens is 276 g/mol. The molecule has 20 heavy (non-hydrogen) atoms. The quantitative estimate of drug-likeness (QED) is 0.488. The minimum Gasteiger partial charge on any atom is -0.457 e. The van der Waals surface area contributed by atoms with E-state index >= 15 is 0 Å². The van der Waals surface area contributed by atoms with E-state index < -0.39 is 5.97 Å². The van der Waals surface area contributed by atoms with Crippen molar-refractivity contribution in [1.82, 2.24) is 0 Å². The van der Waals surface area contributed by atoms with E-state index in [0.29, 0.717) is 16.5 Å². The minimum absolute atomic E-state index is 0.0494. The summed E-state index contributed by atoms with van der Waals surface area (Å²) in [6.07, 6.45) is 7.75. The number of benzene rings is 1. The third-order valence-electron chi connectivity index (χ3n) is 2.45. The lowest BCUT2D eigenvalue weighted by atomic mass is 10.2. The second-order valence-electron chi connectivity index (χ2n) is 3.83. The van der Waals surface area contributed by atoms with Gasteiger partial charge in [0.15, 0.2) is 6.61 Å². The fraction of sp³-hybridized carbons (Fsp3) is 0.0625. The molecule has 1 aromatic heterocycles. The first kappa shape index (κ1) is 14.0. The highest BCUT2D eigenvalue weighted by Gasteiger charge is 2.06. The Labute approximate surface area is 121 Å². The summed E-state index contributed by atoms with van der Waals surface area (Å²) in [6, 6.07) is 10.9. The van der Waals surface area contributed by atoms with Crippen molar-refractivity contribution in [3.8, 4) is 23.7 Å². The van der Waals surface area contributed by atoms with Gasteiger partial charge in [-0.2, -0.15) is 0 Å². The molecule has 0 amide bonds. The molecule has 0 aliphatic carbocycles. The zero-order valence-corrected chi connectivity index (χ0v) is 11.3. The number of halogens is 1. The van der Waals surface area contributed by atoms with Gasteiger partial charge in [0.25, 0.3) is 0 Å². The summed E-state index contributed by atoms with van der Waals surface area (Å²) in [6.45, 7) is -0.0494. The number of hydrogen-bond donors (Lipinski definition) is 0. The van der Waals surface area contributed by atoms with Gasteiger partial charge in [-0.1, -0.05) is 29.7 Å². The highest BCUT2D eigenvalue weighted by molar-refractivity contribution is 6.33. The van der Waals surface area contributed by atoms with E-state index in [2.05, 4.69) is 5.92 Å². The Morgan fingerprint density at radius 2 is 2.15 bits per heavy atom. The van der Waals surface area contributed by atoms with Crippen LogP contribution in [0.25, 0.3) is 17.4 Å². The van der Waals surface area contributed by atoms with Crippen LogP contribution < -0.4 is 0 Å². The molecule has 0 atom stereocenters. The lowest BCUT2D eigenvalue weighted by Crippen LogP contribution is -1.99. The van der Waals surface area contributed by atoms with Gasteiger partial charge >= 0.3 is 5.97 Å². The third-order valence-corrected chi connectivity index (χ3v) is 2.78. The van der Waals surface area contributed by atoms with Gasteiger partial charge in [0, 0.05) is 11.6 Å². The van der Waals surface area contributed by atoms with Crippen molar-refractivity contribution in [2.45, 2.75) is 0 Å². The maximum atomic E-state index is 11.2. The number of esters is 1. The van der Waals surface area contributed by atoms with E-state index in [9.17, 15) is 4.79 Å². The summed E-state index contributed by atoms with van der Waals surface area (Å²) in [4.78, 5) is 11.2. The van der Waals surface area contributed by atoms with Crippen molar-refractivity contribution in [2.75, 3.05) is 6.61 Å². The molecule has 2 rings (SSSR count). The molecule has 1 heterocycles. The highest BCUT2D eigenvalue weighted by atomic mass is 35.5. The van der Waals surface area contributed by atoms with Crippen LogP contribution in [0.2, 0.25) is 5.02 Å². The first-order valence-electron chi connectivity index (χ1n) is 5.84. The molecule has 0 radical (unpaired) electrons. The summed E-state index contributed by atoms with van der Waals surface area (Å²) in [5, 5.41) is 0.603. The molecule has 0 saturated heterocycles. The maximum absolute atomic E-state index is 11.2. The van der Waals surface area contributed by atoms with Gasteiger partial charge in [0.05, 0.1) is 5.02 Å². The molecule has 2 aromatic rings. The molecule has 1 aromatic carbocycles. The van der Waals surface area contributed by atoms with Gasteiger partial charge in [0.2, 0.25) is 0 Å². The van der Waals surface area contributed by atoms with Gasteiger partial charge in [-0.05, 0) is 30.3 Å². The SMILES string of the molecule is C#CCOC(=O)/C=C/c1ccc(-c2ccccc2Cl)o1. The molecule has 4 heteroatoms. The Bertz CT molecular complexity index is 677. The van der Waals surface area contributed by atoms with Crippen LogP contribution >= 0.6 is 11.6 Å². The predicted octanol–water partition coefficient (Wildman–Crippen LogP) is 3.79. The van der Waals surface area contributed by atoms with E-state index in [4.69, 9.17) is 27.2 Å². The molecule has 0 unspecified atom stereocenters. The van der Waals surface area contributed by atoms with Gasteiger partial charge in [0.1, 0.15) is 11.5 Å². The van der Waals surface area contributed by atoms with Gasteiger partial charge < -0.3 is 9.15 Å². The van der Waals surface area contributed by atoms with E-state index in [1.807, 2.05) is 18.2 Å². The van der Waals surface area contributed by atoms with Gasteiger partial charge in [-0.25, -0.2) is 4.79 Å². The predicted molar refractivity (Wildman–Crippen MR) is 78.0 cm³/mol. The van der Waals surface area contributed by atoms with E-state index in [1.54, 1.807) is 18.2 Å². The second kappa shape index (κ2) is 6.65.